The number of aliphatic imine (C=N–C) groups is 1. The van der Waals surface area contributed by atoms with E-state index in [1.54, 1.807) is 0 Å². The first kappa shape index (κ1) is 59.3. The lowest BCUT2D eigenvalue weighted by Crippen LogP contribution is -2.34. The number of nitrogens with zero attached hydrogens (tertiary/aromatic N) is 4. The fourth-order valence-corrected chi connectivity index (χ4v) is 17.0. The molecule has 0 amide bonds. The van der Waals surface area contributed by atoms with Gasteiger partial charge in [0.25, 0.3) is 0 Å². The minimum Gasteiger partial charge on any atom is -0.658 e. The van der Waals surface area contributed by atoms with E-state index in [2.05, 4.69) is 384 Å². The van der Waals surface area contributed by atoms with Crippen LogP contribution in [0, 0.1) is 0 Å². The zero-order valence-corrected chi connectivity index (χ0v) is 56.7. The maximum atomic E-state index is 5.90. The van der Waals surface area contributed by atoms with Crippen LogP contribution in [0.5, 0.6) is 0 Å². The predicted molar refractivity (Wildman–Crippen MR) is 438 cm³/mol. The molecule has 0 bridgehead atoms. The molecule has 2 aromatic heterocycles. The number of hydrogen-bond donors (Lipinski definition) is 2. The second-order valence-electron chi connectivity index (χ2n) is 27.8. The lowest BCUT2D eigenvalue weighted by molar-refractivity contribution is 0.506. The van der Waals surface area contributed by atoms with Gasteiger partial charge in [-0.1, -0.05) is 303 Å². The van der Waals surface area contributed by atoms with Gasteiger partial charge in [-0.15, -0.1) is 5.69 Å². The average Bonchev–Trinajstić information content (AvgIpc) is 1.56. The summed E-state index contributed by atoms with van der Waals surface area (Å²) in [5, 5.41) is 28.8. The Balaban J connectivity index is 0.640. The Kier molecular flexibility index (Phi) is 13.7. The summed E-state index contributed by atoms with van der Waals surface area (Å²) in [7, 11) is 0. The molecule has 3 unspecified atom stereocenters. The molecule has 6 heteroatoms. The Hall–Kier alpha value is -13.6. The quantitative estimate of drug-likeness (QED) is 0.143. The van der Waals surface area contributed by atoms with Crippen LogP contribution in [0.1, 0.15) is 29.5 Å². The van der Waals surface area contributed by atoms with Crippen molar-refractivity contribution < 1.29 is 0 Å². The lowest BCUT2D eigenvalue weighted by atomic mass is 9.92. The van der Waals surface area contributed by atoms with E-state index in [1.165, 1.54) is 103 Å². The molecule has 2 aliphatic heterocycles. The zero-order valence-electron chi connectivity index (χ0n) is 56.7. The third kappa shape index (κ3) is 9.75. The van der Waals surface area contributed by atoms with E-state index < -0.39 is 6.17 Å². The van der Waals surface area contributed by atoms with Crippen LogP contribution < -0.4 is 10.6 Å². The number of hydrogen-bond acceptors (Lipinski definition) is 3. The van der Waals surface area contributed by atoms with Crippen LogP contribution in [0.25, 0.3) is 159 Å². The van der Waals surface area contributed by atoms with Gasteiger partial charge in [-0.25, -0.2) is 0 Å². The Bertz CT molecular complexity index is 6440. The summed E-state index contributed by atoms with van der Waals surface area (Å²) in [6.45, 7) is 0. The molecule has 3 atom stereocenters. The first-order valence-electron chi connectivity index (χ1n) is 35.9. The summed E-state index contributed by atoms with van der Waals surface area (Å²) in [6.07, 6.45) is -0.671. The van der Waals surface area contributed by atoms with Gasteiger partial charge in [0, 0.05) is 44.3 Å². The van der Waals surface area contributed by atoms with Gasteiger partial charge in [-0.2, -0.15) is 0 Å². The van der Waals surface area contributed by atoms with Gasteiger partial charge in [0.2, 0.25) is 0 Å². The highest BCUT2D eigenvalue weighted by molar-refractivity contribution is 6.30. The molecule has 488 valence electrons. The molecule has 0 saturated carbocycles. The van der Waals surface area contributed by atoms with Crippen molar-refractivity contribution in [2.45, 2.75) is 18.4 Å². The van der Waals surface area contributed by atoms with Crippen molar-refractivity contribution in [2.24, 2.45) is 4.99 Å². The topological polar surface area (TPSA) is 60.4 Å². The average molecular weight is 1330 g/mol. The van der Waals surface area contributed by atoms with E-state index in [0.717, 1.165) is 89.6 Å². The third-order valence-corrected chi connectivity index (χ3v) is 22.0. The van der Waals surface area contributed by atoms with Crippen LogP contribution in [-0.2, 0) is 0 Å². The van der Waals surface area contributed by atoms with Crippen LogP contribution >= 0.6 is 0 Å². The van der Waals surface area contributed by atoms with E-state index >= 15 is 0 Å². The first-order chi connectivity index (χ1) is 51.5. The molecule has 0 radical (unpaired) electrons. The molecule has 4 heterocycles. The number of aromatic nitrogens is 2. The molecule has 0 spiro atoms. The molecular weight excluding hydrogens is 1260 g/mol. The molecule has 0 fully saturated rings. The largest absolute Gasteiger partial charge is 0.658 e. The van der Waals surface area contributed by atoms with Crippen molar-refractivity contribution in [1.29, 1.82) is 0 Å². The van der Waals surface area contributed by atoms with E-state index in [1.807, 2.05) is 0 Å². The van der Waals surface area contributed by atoms with Gasteiger partial charge in [0.1, 0.15) is 6.17 Å². The standard InChI is InChI=1S/C98H65N6/c1-3-19-61(20-4-1)75-58-76(62-21-5-2-6-22-62)60-77(59-75)65-41-47-72(48-42-65)95-98(104-88-55-51-68-25-9-13-31-80(68)92(88)93-81-32-14-10-26-69(81)52-56-89(93)104)101-85-36-18-33-82(96(85)102-95)70-43-37-63(38-44-70)73-27-17-28-74(57-73)64-39-45-71(46-40-64)94-97(100-84-35-16-15-34-83(84)99-94)103-86-53-49-66-23-7-11-29-78(66)90(86)91-79-30-12-8-24-67(79)50-54-87(91)103/h1-60,94,97-100H/q-1. The summed E-state index contributed by atoms with van der Waals surface area (Å²) in [6, 6.07) is 133. The Morgan fingerprint density at radius 1 is 0.269 bits per heavy atom. The minimum atomic E-state index is -0.507. The molecule has 21 rings (SSSR count). The fraction of sp³-hybridized carbons (Fsp3) is 0.0306. The number of nitrogens with one attached hydrogen (secondary N) is 2. The van der Waals surface area contributed by atoms with Gasteiger partial charge < -0.3 is 25.1 Å². The molecule has 0 saturated heterocycles. The van der Waals surface area contributed by atoms with Crippen LogP contribution in [0.15, 0.2) is 369 Å². The van der Waals surface area contributed by atoms with Crippen molar-refractivity contribution in [1.82, 2.24) is 9.13 Å². The first-order valence-corrected chi connectivity index (χ1v) is 35.9. The second-order valence-corrected chi connectivity index (χ2v) is 27.8. The van der Waals surface area contributed by atoms with Crippen LogP contribution in [0.2, 0.25) is 0 Å². The van der Waals surface area contributed by atoms with Crippen LogP contribution in [-0.4, -0.2) is 14.8 Å². The maximum absolute atomic E-state index is 5.90. The van der Waals surface area contributed by atoms with Crippen molar-refractivity contribution >= 4 is 115 Å². The highest BCUT2D eigenvalue weighted by atomic mass is 15.3. The summed E-state index contributed by atoms with van der Waals surface area (Å²) in [5.41, 5.74) is 25.2. The van der Waals surface area contributed by atoms with E-state index in [-0.39, 0.29) is 12.2 Å². The smallest absolute Gasteiger partial charge is 0.129 e. The van der Waals surface area contributed by atoms with E-state index in [0.29, 0.717) is 0 Å². The van der Waals surface area contributed by atoms with Crippen molar-refractivity contribution in [2.75, 3.05) is 10.6 Å². The summed E-state index contributed by atoms with van der Waals surface area (Å²) in [4.78, 5) is 5.90. The van der Waals surface area contributed by atoms with E-state index in [4.69, 9.17) is 10.3 Å². The number of anilines is 2. The zero-order chi connectivity index (χ0) is 68.3. The molecule has 19 aromatic rings. The van der Waals surface area contributed by atoms with E-state index in [9.17, 15) is 0 Å². The lowest BCUT2D eigenvalue weighted by Gasteiger charge is -2.41. The van der Waals surface area contributed by atoms with Gasteiger partial charge in [-0.05, 0) is 176 Å². The van der Waals surface area contributed by atoms with Crippen LogP contribution in [0.3, 0.4) is 0 Å². The van der Waals surface area contributed by atoms with Gasteiger partial charge >= 0.3 is 0 Å². The highest BCUT2D eigenvalue weighted by Crippen LogP contribution is 2.53. The SMILES string of the molecule is c1ccc(-c2cc(-c3ccccc3)cc(-c3ccc(C4=Nc5c(cccc5-c5ccc(-c6cccc(-c7ccc(C8Nc9ccccc9NC8n8c9ccc%10ccccc%10c9c9c%10ccccc%10ccc98)cc7)c6)cc5)[N-]C4n4c5ccc6ccccc6c5c5c6ccccc6ccc54)cc3)c2)cc1. The van der Waals surface area contributed by atoms with Gasteiger partial charge in [-0.3, -0.25) is 4.99 Å². The molecule has 6 nitrogen and oxygen atoms in total. The maximum Gasteiger partial charge on any atom is 0.129 e. The van der Waals surface area contributed by atoms with Gasteiger partial charge in [0.15, 0.2) is 0 Å². The van der Waals surface area contributed by atoms with Gasteiger partial charge in [0.05, 0.1) is 39.8 Å². The molecular formula is C98H65N6-. The monoisotopic (exact) mass is 1330 g/mol. The van der Waals surface area contributed by atoms with Crippen LogP contribution in [0.4, 0.5) is 22.7 Å². The third-order valence-electron chi connectivity index (χ3n) is 22.0. The normalized spacial score (nSPS) is 14.9. The number of fused-ring (bicyclic) bond motifs is 16. The number of benzene rings is 17. The molecule has 0 aliphatic carbocycles. The number of rotatable bonds is 10. The molecule has 17 aromatic carbocycles. The Morgan fingerprint density at radius 3 is 1.12 bits per heavy atom. The summed E-state index contributed by atoms with van der Waals surface area (Å²) >= 11 is 0. The summed E-state index contributed by atoms with van der Waals surface area (Å²) < 4.78 is 5.00. The molecule has 104 heavy (non-hydrogen) atoms. The number of para-hydroxylation sites is 3. The predicted octanol–water partition coefficient (Wildman–Crippen LogP) is 26.6. The minimum absolute atomic E-state index is 0.110. The van der Waals surface area contributed by atoms with Crippen molar-refractivity contribution in [3.63, 3.8) is 0 Å². The second kappa shape index (κ2) is 24.1. The Labute approximate surface area is 601 Å². The molecule has 2 aliphatic rings. The van der Waals surface area contributed by atoms with Crippen molar-refractivity contribution in [3.8, 4) is 66.8 Å². The summed E-state index contributed by atoms with van der Waals surface area (Å²) in [5.74, 6) is 0. The fourth-order valence-electron chi connectivity index (χ4n) is 17.0. The van der Waals surface area contributed by atoms with Crippen molar-refractivity contribution in [3.05, 3.63) is 380 Å². The Morgan fingerprint density at radius 2 is 0.635 bits per heavy atom. The molecule has 2 N–H and O–H groups in total. The highest BCUT2D eigenvalue weighted by Gasteiger charge is 2.34.